The van der Waals surface area contributed by atoms with E-state index >= 15 is 0 Å². The molecule has 0 bridgehead atoms. The Morgan fingerprint density at radius 2 is 2.12 bits per heavy atom. The van der Waals surface area contributed by atoms with Crippen LogP contribution in [-0.4, -0.2) is 47.8 Å². The van der Waals surface area contributed by atoms with Gasteiger partial charge in [-0.25, -0.2) is 5.01 Å². The molecule has 2 unspecified atom stereocenters. The summed E-state index contributed by atoms with van der Waals surface area (Å²) >= 11 is 0. The van der Waals surface area contributed by atoms with E-state index < -0.39 is 0 Å². The molecule has 1 saturated heterocycles. The van der Waals surface area contributed by atoms with E-state index in [4.69, 9.17) is 4.74 Å². The number of hydrogen-bond acceptors (Lipinski definition) is 7. The van der Waals surface area contributed by atoms with Crippen LogP contribution in [0, 0.1) is 17.0 Å². The molecule has 0 amide bonds. The fourth-order valence-electron chi connectivity index (χ4n) is 4.36. The lowest BCUT2D eigenvalue weighted by atomic mass is 9.82. The van der Waals surface area contributed by atoms with E-state index in [1.165, 1.54) is 0 Å². The van der Waals surface area contributed by atoms with Gasteiger partial charge in [-0.1, -0.05) is 17.7 Å². The summed E-state index contributed by atoms with van der Waals surface area (Å²) in [5.41, 5.74) is 1.53. The summed E-state index contributed by atoms with van der Waals surface area (Å²) < 4.78 is 5.54. The number of benzene rings is 1. The SMILES string of the molecule is Cc1ccc([N+](=O)[O-])cc1N1N=NC2CCCCC21N1CCOCC1. The van der Waals surface area contributed by atoms with E-state index in [1.807, 2.05) is 11.9 Å². The highest BCUT2D eigenvalue weighted by molar-refractivity contribution is 5.60. The Bertz CT molecular complexity index is 704. The predicted octanol–water partition coefficient (Wildman–Crippen LogP) is 3.06. The number of nitrogens with zero attached hydrogens (tertiary/aromatic N) is 5. The normalized spacial score (nSPS) is 29.6. The van der Waals surface area contributed by atoms with E-state index in [1.54, 1.807) is 18.2 Å². The summed E-state index contributed by atoms with van der Waals surface area (Å²) in [6.07, 6.45) is 4.24. The lowest BCUT2D eigenvalue weighted by Gasteiger charge is -2.51. The van der Waals surface area contributed by atoms with Gasteiger partial charge in [0.25, 0.3) is 5.69 Å². The maximum absolute atomic E-state index is 11.2. The highest BCUT2D eigenvalue weighted by Crippen LogP contribution is 2.46. The molecule has 25 heavy (non-hydrogen) atoms. The molecule has 8 nitrogen and oxygen atoms in total. The van der Waals surface area contributed by atoms with Gasteiger partial charge in [-0.05, 0) is 31.7 Å². The predicted molar refractivity (Wildman–Crippen MR) is 92.5 cm³/mol. The number of non-ortho nitro benzene ring substituents is 1. The third-order valence-electron chi connectivity index (χ3n) is 5.64. The first-order chi connectivity index (χ1) is 12.1. The zero-order valence-electron chi connectivity index (χ0n) is 14.4. The lowest BCUT2D eigenvalue weighted by molar-refractivity contribution is -0.384. The Morgan fingerprint density at radius 3 is 2.88 bits per heavy atom. The van der Waals surface area contributed by atoms with E-state index in [2.05, 4.69) is 15.2 Å². The molecule has 0 radical (unpaired) electrons. The minimum Gasteiger partial charge on any atom is -0.379 e. The first-order valence-corrected chi connectivity index (χ1v) is 8.92. The van der Waals surface area contributed by atoms with Gasteiger partial charge in [0.15, 0.2) is 0 Å². The molecule has 3 aliphatic rings. The van der Waals surface area contributed by atoms with Gasteiger partial charge in [0, 0.05) is 25.2 Å². The molecule has 1 aromatic rings. The van der Waals surface area contributed by atoms with Gasteiger partial charge in [-0.15, -0.1) is 0 Å². The first-order valence-electron chi connectivity index (χ1n) is 8.92. The maximum Gasteiger partial charge on any atom is 0.271 e. The van der Waals surface area contributed by atoms with Gasteiger partial charge in [0.2, 0.25) is 0 Å². The van der Waals surface area contributed by atoms with Crippen LogP contribution in [0.1, 0.15) is 31.2 Å². The van der Waals surface area contributed by atoms with Gasteiger partial charge < -0.3 is 4.74 Å². The van der Waals surface area contributed by atoms with Gasteiger partial charge in [0.05, 0.1) is 23.8 Å². The Labute approximate surface area is 146 Å². The molecule has 1 saturated carbocycles. The van der Waals surface area contributed by atoms with E-state index in [-0.39, 0.29) is 22.3 Å². The molecule has 4 rings (SSSR count). The minimum atomic E-state index is -0.351. The monoisotopic (exact) mass is 345 g/mol. The van der Waals surface area contributed by atoms with Crippen molar-refractivity contribution >= 4 is 11.4 Å². The molecule has 8 heteroatoms. The summed E-state index contributed by atoms with van der Waals surface area (Å²) in [5, 5.41) is 22.3. The average molecular weight is 345 g/mol. The summed E-state index contributed by atoms with van der Waals surface area (Å²) in [7, 11) is 0. The Hall–Kier alpha value is -2.06. The van der Waals surface area contributed by atoms with Crippen LogP contribution in [0.5, 0.6) is 0 Å². The lowest BCUT2D eigenvalue weighted by Crippen LogP contribution is -2.66. The third kappa shape index (κ3) is 2.60. The average Bonchev–Trinajstić information content (AvgIpc) is 3.03. The number of aryl methyl sites for hydroxylation is 1. The van der Waals surface area contributed by atoms with Crippen molar-refractivity contribution in [3.05, 3.63) is 33.9 Å². The number of ether oxygens (including phenoxy) is 1. The van der Waals surface area contributed by atoms with E-state index in [9.17, 15) is 10.1 Å². The van der Waals surface area contributed by atoms with Gasteiger partial charge in [-0.2, -0.15) is 5.11 Å². The number of anilines is 1. The Morgan fingerprint density at radius 1 is 1.32 bits per heavy atom. The number of nitro groups is 1. The second kappa shape index (κ2) is 6.34. The van der Waals surface area contributed by atoms with E-state index in [0.717, 1.165) is 50.0 Å². The van der Waals surface area contributed by atoms with Crippen molar-refractivity contribution in [2.75, 3.05) is 31.3 Å². The van der Waals surface area contributed by atoms with Crippen LogP contribution in [-0.2, 0) is 4.74 Å². The zero-order valence-corrected chi connectivity index (χ0v) is 14.4. The number of morpholine rings is 1. The van der Waals surface area contributed by atoms with Crippen LogP contribution in [0.25, 0.3) is 0 Å². The molecule has 2 heterocycles. The summed E-state index contributed by atoms with van der Waals surface area (Å²) in [4.78, 5) is 13.3. The van der Waals surface area contributed by atoms with Crippen LogP contribution >= 0.6 is 0 Å². The number of fused-ring (bicyclic) bond motifs is 1. The fraction of sp³-hybridized carbons (Fsp3) is 0.647. The molecule has 2 aliphatic heterocycles. The van der Waals surface area contributed by atoms with Crippen molar-refractivity contribution in [1.29, 1.82) is 0 Å². The van der Waals surface area contributed by atoms with Gasteiger partial charge in [-0.3, -0.25) is 15.0 Å². The molecule has 2 fully saturated rings. The van der Waals surface area contributed by atoms with Crippen LogP contribution < -0.4 is 5.01 Å². The summed E-state index contributed by atoms with van der Waals surface area (Å²) in [5.74, 6) is 0. The number of rotatable bonds is 3. The molecule has 2 atom stereocenters. The molecule has 0 spiro atoms. The molecule has 0 aromatic heterocycles. The molecule has 1 aromatic carbocycles. The molecule has 1 aliphatic carbocycles. The standard InChI is InChI=1S/C17H23N5O3/c1-13-5-6-14(22(23)24)12-15(13)21-17(20-8-10-25-11-9-20)7-3-2-4-16(17)18-19-21/h5-6,12,16H,2-4,7-11H2,1H3. The Kier molecular flexibility index (Phi) is 4.16. The third-order valence-corrected chi connectivity index (χ3v) is 5.64. The van der Waals surface area contributed by atoms with Crippen molar-refractivity contribution in [3.8, 4) is 0 Å². The highest BCUT2D eigenvalue weighted by Gasteiger charge is 2.55. The second-order valence-electron chi connectivity index (χ2n) is 6.98. The number of nitro benzene ring substituents is 1. The molecular weight excluding hydrogens is 322 g/mol. The molecule has 134 valence electrons. The minimum absolute atomic E-state index is 0.0900. The van der Waals surface area contributed by atoms with Crippen molar-refractivity contribution < 1.29 is 9.66 Å². The molecular formula is C17H23N5O3. The van der Waals surface area contributed by atoms with Crippen molar-refractivity contribution in [3.63, 3.8) is 0 Å². The molecule has 0 N–H and O–H groups in total. The van der Waals surface area contributed by atoms with Crippen LogP contribution in [0.2, 0.25) is 0 Å². The summed E-state index contributed by atoms with van der Waals surface area (Å²) in [6.45, 7) is 5.06. The van der Waals surface area contributed by atoms with Crippen molar-refractivity contribution in [1.82, 2.24) is 4.90 Å². The Balaban J connectivity index is 1.78. The van der Waals surface area contributed by atoms with Gasteiger partial charge >= 0.3 is 0 Å². The van der Waals surface area contributed by atoms with Crippen LogP contribution in [0.3, 0.4) is 0 Å². The fourth-order valence-corrected chi connectivity index (χ4v) is 4.36. The second-order valence-corrected chi connectivity index (χ2v) is 6.98. The summed E-state index contributed by atoms with van der Waals surface area (Å²) in [6, 6.07) is 5.09. The largest absolute Gasteiger partial charge is 0.379 e. The van der Waals surface area contributed by atoms with Gasteiger partial charge in [0.1, 0.15) is 11.7 Å². The van der Waals surface area contributed by atoms with Crippen LogP contribution in [0.4, 0.5) is 11.4 Å². The highest BCUT2D eigenvalue weighted by atomic mass is 16.6. The smallest absolute Gasteiger partial charge is 0.271 e. The quantitative estimate of drug-likeness (QED) is 0.621. The van der Waals surface area contributed by atoms with Crippen molar-refractivity contribution in [2.45, 2.75) is 44.3 Å². The van der Waals surface area contributed by atoms with Crippen LogP contribution in [0.15, 0.2) is 28.5 Å². The first kappa shape index (κ1) is 16.4. The number of hydrogen-bond donors (Lipinski definition) is 0. The topological polar surface area (TPSA) is 83.6 Å². The van der Waals surface area contributed by atoms with E-state index in [0.29, 0.717) is 13.2 Å². The van der Waals surface area contributed by atoms with Crippen molar-refractivity contribution in [2.24, 2.45) is 10.3 Å². The zero-order chi connectivity index (χ0) is 17.4. The maximum atomic E-state index is 11.2.